The molecule has 1 N–H and O–H groups in total. The van der Waals surface area contributed by atoms with E-state index in [1.165, 1.54) is 12.1 Å². The van der Waals surface area contributed by atoms with Gasteiger partial charge in [-0.3, -0.25) is 0 Å². The molecule has 3 nitrogen and oxygen atoms in total. The van der Waals surface area contributed by atoms with Crippen LogP contribution in [0.1, 0.15) is 18.5 Å². The Bertz CT molecular complexity index is 760. The van der Waals surface area contributed by atoms with Gasteiger partial charge < -0.3 is 5.32 Å². The zero-order valence-electron chi connectivity index (χ0n) is 11.6. The minimum atomic E-state index is -3.31. The van der Waals surface area contributed by atoms with Crippen LogP contribution in [0.2, 0.25) is 0 Å². The van der Waals surface area contributed by atoms with Gasteiger partial charge in [0.05, 0.1) is 10.9 Å². The summed E-state index contributed by atoms with van der Waals surface area (Å²) in [4.78, 5) is 0.166. The lowest BCUT2D eigenvalue weighted by atomic mass is 10.1. The number of hydrogen-bond acceptors (Lipinski definition) is 3. The molecule has 0 heterocycles. The predicted octanol–water partition coefficient (Wildman–Crippen LogP) is 3.54. The van der Waals surface area contributed by atoms with Gasteiger partial charge in [0.1, 0.15) is 11.6 Å². The Morgan fingerprint density at radius 3 is 2.48 bits per heavy atom. The number of nitrogens with one attached hydrogen (secondary N) is 1. The van der Waals surface area contributed by atoms with Crippen LogP contribution in [0.5, 0.6) is 0 Å². The molecule has 0 aliphatic rings. The van der Waals surface area contributed by atoms with Crippen LogP contribution in [0.15, 0.2) is 47.4 Å². The maximum absolute atomic E-state index is 13.7. The molecule has 1 unspecified atom stereocenters. The van der Waals surface area contributed by atoms with Gasteiger partial charge in [-0.2, -0.15) is 0 Å². The molecular formula is C15H15F2NO2S. The van der Waals surface area contributed by atoms with Crippen molar-refractivity contribution in [2.45, 2.75) is 17.9 Å². The third kappa shape index (κ3) is 3.78. The highest BCUT2D eigenvalue weighted by molar-refractivity contribution is 7.90. The molecule has 1 atom stereocenters. The molecule has 0 aliphatic heterocycles. The van der Waals surface area contributed by atoms with Crippen LogP contribution in [0.25, 0.3) is 0 Å². The summed E-state index contributed by atoms with van der Waals surface area (Å²) in [5.41, 5.74) is 0.703. The fraction of sp³-hybridized carbons (Fsp3) is 0.200. The van der Waals surface area contributed by atoms with Crippen molar-refractivity contribution >= 4 is 15.5 Å². The van der Waals surface area contributed by atoms with E-state index >= 15 is 0 Å². The van der Waals surface area contributed by atoms with E-state index in [0.717, 1.165) is 24.5 Å². The molecule has 0 amide bonds. The Balaban J connectivity index is 2.28. The van der Waals surface area contributed by atoms with Gasteiger partial charge in [0.2, 0.25) is 0 Å². The summed E-state index contributed by atoms with van der Waals surface area (Å²) >= 11 is 0. The fourth-order valence-electron chi connectivity index (χ4n) is 1.99. The first kappa shape index (κ1) is 15.4. The van der Waals surface area contributed by atoms with E-state index in [4.69, 9.17) is 0 Å². The van der Waals surface area contributed by atoms with Crippen molar-refractivity contribution in [1.82, 2.24) is 0 Å². The lowest BCUT2D eigenvalue weighted by Crippen LogP contribution is -2.09. The summed E-state index contributed by atoms with van der Waals surface area (Å²) in [5.74, 6) is -1.04. The van der Waals surface area contributed by atoms with Crippen LogP contribution < -0.4 is 5.32 Å². The first-order valence-electron chi connectivity index (χ1n) is 6.29. The van der Waals surface area contributed by atoms with Crippen LogP contribution in [0.4, 0.5) is 14.5 Å². The standard InChI is InChI=1S/C15H15F2NO2S/c1-10(14-8-11(16)6-7-15(14)17)18-12-4-3-5-13(9-12)21(2,19)20/h3-10,18H,1-2H3. The molecule has 0 fully saturated rings. The summed E-state index contributed by atoms with van der Waals surface area (Å²) in [5, 5.41) is 2.97. The maximum Gasteiger partial charge on any atom is 0.175 e. The summed E-state index contributed by atoms with van der Waals surface area (Å²) in [6, 6.07) is 8.93. The fourth-order valence-corrected chi connectivity index (χ4v) is 2.66. The van der Waals surface area contributed by atoms with Gasteiger partial charge in [0.25, 0.3) is 0 Å². The van der Waals surface area contributed by atoms with Crippen molar-refractivity contribution in [3.63, 3.8) is 0 Å². The molecule has 112 valence electrons. The molecule has 2 rings (SSSR count). The van der Waals surface area contributed by atoms with Gasteiger partial charge in [0.15, 0.2) is 9.84 Å². The summed E-state index contributed by atoms with van der Waals surface area (Å²) < 4.78 is 49.9. The third-order valence-corrected chi connectivity index (χ3v) is 4.18. The van der Waals surface area contributed by atoms with Crippen molar-refractivity contribution in [2.24, 2.45) is 0 Å². The summed E-state index contributed by atoms with van der Waals surface area (Å²) in [6.07, 6.45) is 1.11. The SMILES string of the molecule is CC(Nc1cccc(S(C)(=O)=O)c1)c1cc(F)ccc1F. The molecule has 0 saturated carbocycles. The summed E-state index contributed by atoms with van der Waals surface area (Å²) in [6.45, 7) is 1.67. The first-order chi connectivity index (χ1) is 9.77. The Morgan fingerprint density at radius 1 is 1.10 bits per heavy atom. The van der Waals surface area contributed by atoms with Gasteiger partial charge >= 0.3 is 0 Å². The second-order valence-corrected chi connectivity index (χ2v) is 6.85. The Kier molecular flexibility index (Phi) is 4.27. The minimum absolute atomic E-state index is 0.166. The van der Waals surface area contributed by atoms with E-state index in [9.17, 15) is 17.2 Å². The molecule has 21 heavy (non-hydrogen) atoms. The Labute approximate surface area is 122 Å². The largest absolute Gasteiger partial charge is 0.378 e. The highest BCUT2D eigenvalue weighted by Gasteiger charge is 2.13. The number of rotatable bonds is 4. The smallest absolute Gasteiger partial charge is 0.175 e. The third-order valence-electron chi connectivity index (χ3n) is 3.07. The van der Waals surface area contributed by atoms with Gasteiger partial charge in [-0.25, -0.2) is 17.2 Å². The molecule has 0 aromatic heterocycles. The zero-order valence-corrected chi connectivity index (χ0v) is 12.4. The predicted molar refractivity (Wildman–Crippen MR) is 77.9 cm³/mol. The highest BCUT2D eigenvalue weighted by Crippen LogP contribution is 2.24. The van der Waals surface area contributed by atoms with Gasteiger partial charge in [-0.1, -0.05) is 6.07 Å². The van der Waals surface area contributed by atoms with E-state index in [1.807, 2.05) is 0 Å². The second-order valence-electron chi connectivity index (χ2n) is 4.83. The van der Waals surface area contributed by atoms with Crippen molar-refractivity contribution < 1.29 is 17.2 Å². The summed E-state index contributed by atoms with van der Waals surface area (Å²) in [7, 11) is -3.31. The zero-order chi connectivity index (χ0) is 15.6. The average molecular weight is 311 g/mol. The monoisotopic (exact) mass is 311 g/mol. The lowest BCUT2D eigenvalue weighted by molar-refractivity contribution is 0.577. The second kappa shape index (κ2) is 5.81. The van der Waals surface area contributed by atoms with Crippen molar-refractivity contribution in [2.75, 3.05) is 11.6 Å². The quantitative estimate of drug-likeness (QED) is 0.939. The highest BCUT2D eigenvalue weighted by atomic mass is 32.2. The maximum atomic E-state index is 13.7. The van der Waals surface area contributed by atoms with Gasteiger partial charge in [0, 0.05) is 17.5 Å². The molecule has 0 bridgehead atoms. The molecule has 2 aromatic carbocycles. The van der Waals surface area contributed by atoms with Gasteiger partial charge in [-0.15, -0.1) is 0 Å². The number of hydrogen-bond donors (Lipinski definition) is 1. The lowest BCUT2D eigenvalue weighted by Gasteiger charge is -2.17. The molecule has 2 aromatic rings. The van der Waals surface area contributed by atoms with E-state index in [2.05, 4.69) is 5.32 Å². The Morgan fingerprint density at radius 2 is 1.81 bits per heavy atom. The van der Waals surface area contributed by atoms with E-state index < -0.39 is 27.5 Å². The van der Waals surface area contributed by atoms with E-state index in [1.54, 1.807) is 19.1 Å². The number of halogens is 2. The van der Waals surface area contributed by atoms with Crippen LogP contribution in [-0.2, 0) is 9.84 Å². The molecule has 6 heteroatoms. The normalized spacial score (nSPS) is 13.0. The molecule has 0 aliphatic carbocycles. The first-order valence-corrected chi connectivity index (χ1v) is 8.18. The van der Waals surface area contributed by atoms with E-state index in [0.29, 0.717) is 5.69 Å². The molecule has 0 spiro atoms. The van der Waals surface area contributed by atoms with Crippen LogP contribution in [0, 0.1) is 11.6 Å². The number of anilines is 1. The number of sulfone groups is 1. The van der Waals surface area contributed by atoms with E-state index in [-0.39, 0.29) is 10.5 Å². The van der Waals surface area contributed by atoms with Crippen LogP contribution >= 0.6 is 0 Å². The molecule has 0 radical (unpaired) electrons. The topological polar surface area (TPSA) is 46.2 Å². The van der Waals surface area contributed by atoms with Crippen molar-refractivity contribution in [1.29, 1.82) is 0 Å². The van der Waals surface area contributed by atoms with Gasteiger partial charge in [-0.05, 0) is 43.3 Å². The average Bonchev–Trinajstić information content (AvgIpc) is 2.41. The molecule has 0 saturated heterocycles. The number of benzene rings is 2. The minimum Gasteiger partial charge on any atom is -0.378 e. The van der Waals surface area contributed by atoms with Crippen LogP contribution in [-0.4, -0.2) is 14.7 Å². The Hall–Kier alpha value is -1.95. The van der Waals surface area contributed by atoms with Crippen molar-refractivity contribution in [3.05, 3.63) is 59.7 Å². The van der Waals surface area contributed by atoms with Crippen LogP contribution in [0.3, 0.4) is 0 Å². The van der Waals surface area contributed by atoms with Crippen molar-refractivity contribution in [3.8, 4) is 0 Å². The molecular weight excluding hydrogens is 296 g/mol.